The summed E-state index contributed by atoms with van der Waals surface area (Å²) in [4.78, 5) is 40.8. The van der Waals surface area contributed by atoms with E-state index in [2.05, 4.69) is 0 Å². The summed E-state index contributed by atoms with van der Waals surface area (Å²) in [7, 11) is 2.91. The van der Waals surface area contributed by atoms with Gasteiger partial charge < -0.3 is 40.7 Å². The van der Waals surface area contributed by atoms with Gasteiger partial charge in [-0.05, 0) is 49.0 Å². The number of hydrogen-bond acceptors (Lipinski definition) is 11. The molecule has 0 spiro atoms. The van der Waals surface area contributed by atoms with Crippen LogP contribution in [0, 0.1) is 11.8 Å². The molecule has 7 N–H and O–H groups in total. The molecule has 12 nitrogen and oxygen atoms in total. The molecule has 3 aliphatic carbocycles. The Morgan fingerprint density at radius 2 is 1.78 bits per heavy atom. The molecular weight excluding hydrogens is 536 g/mol. The Bertz CT molecular complexity index is 1650. The molecule has 0 bridgehead atoms. The average Bonchev–Trinajstić information content (AvgIpc) is 3.38. The number of phenols is 1. The smallest absolute Gasteiger partial charge is 0.255 e. The van der Waals surface area contributed by atoms with E-state index in [1.165, 1.54) is 31.1 Å². The number of phenolic OH excluding ortho intramolecular Hbond substituents is 1. The summed E-state index contributed by atoms with van der Waals surface area (Å²) in [5.41, 5.74) is 1.84. The van der Waals surface area contributed by atoms with Gasteiger partial charge in [0.2, 0.25) is 6.79 Å². The molecule has 5 atom stereocenters. The van der Waals surface area contributed by atoms with Gasteiger partial charge in [0.1, 0.15) is 22.8 Å². The van der Waals surface area contributed by atoms with Crippen molar-refractivity contribution in [2.75, 3.05) is 20.9 Å². The number of fused-ring (bicyclic) bond motifs is 4. The molecule has 6 rings (SSSR count). The molecule has 12 heteroatoms. The fraction of sp³-hybridized carbons (Fsp3) is 0.276. The highest BCUT2D eigenvalue weighted by Gasteiger charge is 2.66. The number of rotatable bonds is 3. The van der Waals surface area contributed by atoms with Gasteiger partial charge in [0, 0.05) is 5.92 Å². The Labute approximate surface area is 232 Å². The number of aliphatic hydroxyl groups is 4. The van der Waals surface area contributed by atoms with Gasteiger partial charge in [-0.25, -0.2) is 0 Å². The number of nitrogens with zero attached hydrogens (tertiary/aromatic N) is 1. The Hall–Kier alpha value is -4.65. The summed E-state index contributed by atoms with van der Waals surface area (Å²) in [6.07, 6.45) is -0.142. The summed E-state index contributed by atoms with van der Waals surface area (Å²) >= 11 is 0. The number of benzene rings is 2. The predicted molar refractivity (Wildman–Crippen MR) is 142 cm³/mol. The minimum Gasteiger partial charge on any atom is -0.508 e. The highest BCUT2D eigenvalue weighted by atomic mass is 16.7. The Morgan fingerprint density at radius 1 is 1.07 bits per heavy atom. The lowest BCUT2D eigenvalue weighted by Crippen LogP contribution is -2.67. The average molecular weight is 563 g/mol. The first-order valence-electron chi connectivity index (χ1n) is 12.7. The number of hydrogen-bond donors (Lipinski definition) is 6. The SMILES string of the molecule is CN(C)[C@@H]1C(=O)C(C(N)=O)=C(O)[C@@]2(O)C(O)=C3C(=O)c4c(O)cccc4/C(=C\c4ccc5c(c4)OCO5)[C@H]3[C@H](O)[C@@H]12. The van der Waals surface area contributed by atoms with Crippen LogP contribution in [0.3, 0.4) is 0 Å². The second-order valence-corrected chi connectivity index (χ2v) is 10.6. The van der Waals surface area contributed by atoms with E-state index in [0.717, 1.165) is 0 Å². The third-order valence-corrected chi connectivity index (χ3v) is 8.25. The predicted octanol–water partition coefficient (Wildman–Crippen LogP) is 0.818. The zero-order valence-corrected chi connectivity index (χ0v) is 21.9. The molecule has 4 aliphatic rings. The van der Waals surface area contributed by atoms with Crippen LogP contribution in [-0.4, -0.2) is 86.5 Å². The Kier molecular flexibility index (Phi) is 5.79. The van der Waals surface area contributed by atoms with E-state index in [4.69, 9.17) is 15.2 Å². The molecule has 212 valence electrons. The van der Waals surface area contributed by atoms with Crippen LogP contribution < -0.4 is 15.2 Å². The molecule has 1 heterocycles. The van der Waals surface area contributed by atoms with Crippen molar-refractivity contribution in [1.82, 2.24) is 4.90 Å². The van der Waals surface area contributed by atoms with Crippen LogP contribution in [-0.2, 0) is 9.59 Å². The van der Waals surface area contributed by atoms with Crippen LogP contribution in [0.4, 0.5) is 0 Å². The summed E-state index contributed by atoms with van der Waals surface area (Å²) in [5, 5.41) is 57.2. The van der Waals surface area contributed by atoms with E-state index in [-0.39, 0.29) is 23.5 Å². The number of Topliss-reactive ketones (excluding diaryl/α,β-unsaturated/α-hetero) is 2. The van der Waals surface area contributed by atoms with Crippen LogP contribution >= 0.6 is 0 Å². The van der Waals surface area contributed by atoms with Crippen LogP contribution in [0.2, 0.25) is 0 Å². The maximum atomic E-state index is 13.9. The van der Waals surface area contributed by atoms with Crippen LogP contribution in [0.5, 0.6) is 17.2 Å². The second-order valence-electron chi connectivity index (χ2n) is 10.6. The first kappa shape index (κ1) is 26.6. The Morgan fingerprint density at radius 3 is 2.46 bits per heavy atom. The van der Waals surface area contributed by atoms with Gasteiger partial charge in [-0.1, -0.05) is 24.3 Å². The lowest BCUT2D eigenvalue weighted by atomic mass is 9.56. The van der Waals surface area contributed by atoms with Gasteiger partial charge >= 0.3 is 0 Å². The van der Waals surface area contributed by atoms with E-state index in [1.807, 2.05) is 0 Å². The van der Waals surface area contributed by atoms with Crippen molar-refractivity contribution in [3.05, 3.63) is 75.8 Å². The number of likely N-dealkylation sites (N-methyl/N-ethyl adjacent to an activating group) is 1. The van der Waals surface area contributed by atoms with Crippen LogP contribution in [0.25, 0.3) is 11.6 Å². The third-order valence-electron chi connectivity index (χ3n) is 8.25. The van der Waals surface area contributed by atoms with Gasteiger partial charge in [0.05, 0.1) is 29.2 Å². The molecule has 1 amide bonds. The van der Waals surface area contributed by atoms with Gasteiger partial charge in [-0.2, -0.15) is 0 Å². The van der Waals surface area contributed by atoms with Crippen molar-refractivity contribution in [1.29, 1.82) is 0 Å². The molecule has 0 saturated carbocycles. The van der Waals surface area contributed by atoms with Gasteiger partial charge in [-0.3, -0.25) is 19.3 Å². The summed E-state index contributed by atoms with van der Waals surface area (Å²) in [6, 6.07) is 7.95. The second kappa shape index (κ2) is 8.93. The summed E-state index contributed by atoms with van der Waals surface area (Å²) in [6.45, 7) is 0.0349. The number of aliphatic hydroxyl groups excluding tert-OH is 3. The number of carbonyl (C=O) groups excluding carboxylic acids is 3. The van der Waals surface area contributed by atoms with E-state index in [9.17, 15) is 39.9 Å². The Balaban J connectivity index is 1.67. The third kappa shape index (κ3) is 3.48. The van der Waals surface area contributed by atoms with Crippen molar-refractivity contribution in [3.8, 4) is 17.2 Å². The lowest BCUT2D eigenvalue weighted by Gasteiger charge is -2.53. The molecule has 0 radical (unpaired) electrons. The first-order chi connectivity index (χ1) is 19.4. The number of ketones is 2. The normalized spacial score (nSPS) is 29.5. The maximum Gasteiger partial charge on any atom is 0.255 e. The molecule has 2 aromatic rings. The van der Waals surface area contributed by atoms with Crippen molar-refractivity contribution in [2.45, 2.75) is 17.7 Å². The van der Waals surface area contributed by atoms with Crippen LogP contribution in [0.15, 0.2) is 59.1 Å². The zero-order valence-electron chi connectivity index (χ0n) is 21.9. The largest absolute Gasteiger partial charge is 0.508 e. The molecule has 41 heavy (non-hydrogen) atoms. The lowest BCUT2D eigenvalue weighted by molar-refractivity contribution is -0.148. The highest BCUT2D eigenvalue weighted by Crippen LogP contribution is 2.56. The molecule has 2 aromatic carbocycles. The first-order valence-corrected chi connectivity index (χ1v) is 12.7. The zero-order chi connectivity index (χ0) is 29.5. The molecule has 0 unspecified atom stereocenters. The fourth-order valence-corrected chi connectivity index (χ4v) is 6.49. The van der Waals surface area contributed by atoms with Crippen molar-refractivity contribution in [2.24, 2.45) is 17.6 Å². The van der Waals surface area contributed by atoms with E-state index in [0.29, 0.717) is 17.1 Å². The minimum absolute atomic E-state index is 0.0349. The molecule has 0 fully saturated rings. The summed E-state index contributed by atoms with van der Waals surface area (Å²) < 4.78 is 10.8. The standard InChI is InChI=1S/C29H26N2O10/c1-31(2)22-21-24(34)18-13(8-11-6-7-15-16(9-11)41-10-40-15)12-4-3-5-14(32)17(12)23(33)19(18)26(36)29(21,39)27(37)20(25(22)35)28(30)38/h3-9,18,21-22,24,32,34,36-37,39H,10H2,1-2H3,(H2,30,38)/b13-8+/t18-,21-,22+,24+,29+/m1/s1. The number of primary amides is 1. The number of amides is 1. The van der Waals surface area contributed by atoms with Crippen molar-refractivity contribution in [3.63, 3.8) is 0 Å². The monoisotopic (exact) mass is 562 g/mol. The summed E-state index contributed by atoms with van der Waals surface area (Å²) in [5.74, 6) is -7.99. The molecule has 0 aromatic heterocycles. The highest BCUT2D eigenvalue weighted by molar-refractivity contribution is 6.23. The van der Waals surface area contributed by atoms with Crippen LogP contribution in [0.1, 0.15) is 21.5 Å². The van der Waals surface area contributed by atoms with Gasteiger partial charge in [0.15, 0.2) is 28.7 Å². The molecular formula is C29H26N2O10. The van der Waals surface area contributed by atoms with E-state index >= 15 is 0 Å². The molecule has 0 saturated heterocycles. The van der Waals surface area contributed by atoms with Gasteiger partial charge in [-0.15, -0.1) is 0 Å². The van der Waals surface area contributed by atoms with Gasteiger partial charge in [0.25, 0.3) is 5.91 Å². The quantitative estimate of drug-likeness (QED) is 0.289. The number of ether oxygens (including phenoxy) is 2. The number of aromatic hydroxyl groups is 1. The van der Waals surface area contributed by atoms with Crippen molar-refractivity contribution >= 4 is 29.1 Å². The topological polar surface area (TPSA) is 200 Å². The minimum atomic E-state index is -2.93. The fourth-order valence-electron chi connectivity index (χ4n) is 6.49. The van der Waals surface area contributed by atoms with E-state index < -0.39 is 75.5 Å². The number of carbonyl (C=O) groups is 3. The number of nitrogens with two attached hydrogens (primary N) is 1. The van der Waals surface area contributed by atoms with E-state index in [1.54, 1.807) is 30.3 Å². The maximum absolute atomic E-state index is 13.9. The van der Waals surface area contributed by atoms with Crippen molar-refractivity contribution < 1.29 is 49.4 Å². The molecule has 1 aliphatic heterocycles.